The largest absolute Gasteiger partial charge is 0.445 e. The van der Waals surface area contributed by atoms with Gasteiger partial charge in [-0.1, -0.05) is 30.3 Å². The summed E-state index contributed by atoms with van der Waals surface area (Å²) in [4.78, 5) is 13.6. The van der Waals surface area contributed by atoms with Crippen LogP contribution in [0.15, 0.2) is 30.3 Å². The molecule has 98 valence electrons. The Hall–Kier alpha value is -1.55. The predicted molar refractivity (Wildman–Crippen MR) is 68.0 cm³/mol. The van der Waals surface area contributed by atoms with Crippen molar-refractivity contribution in [2.75, 3.05) is 6.54 Å². The van der Waals surface area contributed by atoms with E-state index in [4.69, 9.17) is 4.74 Å². The Morgan fingerprint density at radius 2 is 2.11 bits per heavy atom. The quantitative estimate of drug-likeness (QED) is 0.874. The number of aliphatic hydroxyl groups excluding tert-OH is 1. The van der Waals surface area contributed by atoms with Crippen molar-refractivity contribution in [2.24, 2.45) is 0 Å². The average molecular weight is 249 g/mol. The van der Waals surface area contributed by atoms with Crippen LogP contribution in [0.1, 0.15) is 25.8 Å². The van der Waals surface area contributed by atoms with Gasteiger partial charge in [-0.15, -0.1) is 0 Å². The van der Waals surface area contributed by atoms with Gasteiger partial charge < -0.3 is 14.7 Å². The highest BCUT2D eigenvalue weighted by Crippen LogP contribution is 2.29. The summed E-state index contributed by atoms with van der Waals surface area (Å²) in [5, 5.41) is 9.62. The number of carbonyl (C=O) groups excluding carboxylic acids is 1. The molecule has 0 aromatic heterocycles. The van der Waals surface area contributed by atoms with Crippen LogP contribution in [-0.4, -0.2) is 34.3 Å². The van der Waals surface area contributed by atoms with E-state index < -0.39 is 6.10 Å². The molecule has 0 unspecified atom stereocenters. The zero-order valence-corrected chi connectivity index (χ0v) is 10.8. The van der Waals surface area contributed by atoms with Crippen LogP contribution in [0.2, 0.25) is 0 Å². The lowest BCUT2D eigenvalue weighted by Gasteiger charge is -2.30. The molecule has 1 aliphatic heterocycles. The summed E-state index contributed by atoms with van der Waals surface area (Å²) in [6.45, 7) is 4.49. The summed E-state index contributed by atoms with van der Waals surface area (Å²) in [6, 6.07) is 9.57. The lowest BCUT2D eigenvalue weighted by atomic mass is 10.0. The standard InChI is InChI=1S/C14H19NO3/c1-14(2)8-12(16)9-15(14)13(17)18-10-11-6-4-3-5-7-11/h3-7,12,16H,8-10H2,1-2H3/t12-/m1/s1. The maximum absolute atomic E-state index is 12.0. The number of likely N-dealkylation sites (tertiary alicyclic amines) is 1. The molecule has 1 N–H and O–H groups in total. The summed E-state index contributed by atoms with van der Waals surface area (Å²) < 4.78 is 5.27. The summed E-state index contributed by atoms with van der Waals surface area (Å²) >= 11 is 0. The van der Waals surface area contributed by atoms with Gasteiger partial charge in [-0.05, 0) is 25.8 Å². The number of hydrogen-bond donors (Lipinski definition) is 1. The van der Waals surface area contributed by atoms with Crippen LogP contribution in [0.3, 0.4) is 0 Å². The molecule has 4 heteroatoms. The van der Waals surface area contributed by atoms with Gasteiger partial charge in [0.05, 0.1) is 12.6 Å². The molecule has 1 atom stereocenters. The molecule has 0 bridgehead atoms. The number of benzene rings is 1. The second kappa shape index (κ2) is 4.98. The number of carbonyl (C=O) groups is 1. The van der Waals surface area contributed by atoms with E-state index in [9.17, 15) is 9.90 Å². The third-order valence-electron chi connectivity index (χ3n) is 3.28. The Kier molecular flexibility index (Phi) is 3.57. The number of amides is 1. The van der Waals surface area contributed by atoms with Crippen molar-refractivity contribution in [3.8, 4) is 0 Å². The van der Waals surface area contributed by atoms with Crippen LogP contribution in [-0.2, 0) is 11.3 Å². The molecule has 0 saturated carbocycles. The van der Waals surface area contributed by atoms with Gasteiger partial charge in [-0.3, -0.25) is 0 Å². The molecule has 0 aliphatic carbocycles. The number of hydrogen-bond acceptors (Lipinski definition) is 3. The van der Waals surface area contributed by atoms with Gasteiger partial charge in [-0.2, -0.15) is 0 Å². The highest BCUT2D eigenvalue weighted by Gasteiger charge is 2.41. The van der Waals surface area contributed by atoms with Crippen LogP contribution in [0, 0.1) is 0 Å². The van der Waals surface area contributed by atoms with E-state index in [1.807, 2.05) is 44.2 Å². The molecule has 1 heterocycles. The molecule has 18 heavy (non-hydrogen) atoms. The minimum atomic E-state index is -0.454. The molecular weight excluding hydrogens is 230 g/mol. The summed E-state index contributed by atoms with van der Waals surface area (Å²) in [5.74, 6) is 0. The van der Waals surface area contributed by atoms with Crippen molar-refractivity contribution in [3.05, 3.63) is 35.9 Å². The normalized spacial score (nSPS) is 21.9. The number of rotatable bonds is 2. The van der Waals surface area contributed by atoms with Gasteiger partial charge in [0.15, 0.2) is 0 Å². The zero-order valence-electron chi connectivity index (χ0n) is 10.8. The van der Waals surface area contributed by atoms with Crippen LogP contribution >= 0.6 is 0 Å². The third kappa shape index (κ3) is 2.82. The monoisotopic (exact) mass is 249 g/mol. The average Bonchev–Trinajstić information content (AvgIpc) is 2.61. The highest BCUT2D eigenvalue weighted by atomic mass is 16.6. The van der Waals surface area contributed by atoms with Crippen LogP contribution in [0.25, 0.3) is 0 Å². The van der Waals surface area contributed by atoms with Gasteiger partial charge in [0.25, 0.3) is 0 Å². The third-order valence-corrected chi connectivity index (χ3v) is 3.28. The molecule has 0 radical (unpaired) electrons. The first-order chi connectivity index (χ1) is 8.49. The molecule has 2 rings (SSSR count). The highest BCUT2D eigenvalue weighted by molar-refractivity contribution is 5.69. The molecule has 1 fully saturated rings. The number of β-amino-alcohol motifs (C(OH)–C–C–N with tert-alkyl or cyclic N) is 1. The fourth-order valence-corrected chi connectivity index (χ4v) is 2.33. The molecule has 1 aromatic rings. The molecule has 1 aliphatic rings. The molecule has 1 aromatic carbocycles. The van der Waals surface area contributed by atoms with Gasteiger partial charge >= 0.3 is 6.09 Å². The Balaban J connectivity index is 1.93. The summed E-state index contributed by atoms with van der Waals surface area (Å²) in [7, 11) is 0. The molecule has 0 spiro atoms. The lowest BCUT2D eigenvalue weighted by Crippen LogP contribution is -2.43. The van der Waals surface area contributed by atoms with Crippen molar-refractivity contribution in [2.45, 2.75) is 38.5 Å². The second-order valence-electron chi connectivity index (χ2n) is 5.32. The Labute approximate surface area is 107 Å². The van der Waals surface area contributed by atoms with Crippen LogP contribution in [0.4, 0.5) is 4.79 Å². The van der Waals surface area contributed by atoms with E-state index in [2.05, 4.69) is 0 Å². The molecular formula is C14H19NO3. The van der Waals surface area contributed by atoms with Crippen molar-refractivity contribution in [3.63, 3.8) is 0 Å². The first-order valence-electron chi connectivity index (χ1n) is 6.15. The zero-order chi connectivity index (χ0) is 13.2. The van der Waals surface area contributed by atoms with E-state index >= 15 is 0 Å². The van der Waals surface area contributed by atoms with Crippen molar-refractivity contribution >= 4 is 6.09 Å². The number of ether oxygens (including phenoxy) is 1. The van der Waals surface area contributed by atoms with Gasteiger partial charge in [0.2, 0.25) is 0 Å². The summed E-state index contributed by atoms with van der Waals surface area (Å²) in [6.07, 6.45) is -0.224. The molecule has 4 nitrogen and oxygen atoms in total. The SMILES string of the molecule is CC1(C)C[C@@H](O)CN1C(=O)OCc1ccccc1. The molecule has 1 saturated heterocycles. The van der Waals surface area contributed by atoms with Crippen molar-refractivity contribution in [1.82, 2.24) is 4.90 Å². The summed E-state index contributed by atoms with van der Waals surface area (Å²) in [5.41, 5.74) is 0.621. The molecule has 1 amide bonds. The fourth-order valence-electron chi connectivity index (χ4n) is 2.33. The van der Waals surface area contributed by atoms with Crippen molar-refractivity contribution < 1.29 is 14.6 Å². The Morgan fingerprint density at radius 1 is 1.44 bits per heavy atom. The van der Waals surface area contributed by atoms with E-state index in [1.165, 1.54) is 0 Å². The van der Waals surface area contributed by atoms with E-state index in [0.717, 1.165) is 5.56 Å². The first-order valence-corrected chi connectivity index (χ1v) is 6.15. The Morgan fingerprint density at radius 3 is 2.67 bits per heavy atom. The van der Waals surface area contributed by atoms with Gasteiger partial charge in [-0.25, -0.2) is 4.79 Å². The lowest BCUT2D eigenvalue weighted by molar-refractivity contribution is 0.0733. The fraction of sp³-hybridized carbons (Fsp3) is 0.500. The first kappa shape index (κ1) is 12.9. The van der Waals surface area contributed by atoms with E-state index in [0.29, 0.717) is 13.0 Å². The van der Waals surface area contributed by atoms with Gasteiger partial charge in [0.1, 0.15) is 6.61 Å². The maximum atomic E-state index is 12.0. The second-order valence-corrected chi connectivity index (χ2v) is 5.32. The number of nitrogens with zero attached hydrogens (tertiary/aromatic N) is 1. The van der Waals surface area contributed by atoms with Crippen LogP contribution in [0.5, 0.6) is 0 Å². The Bertz CT molecular complexity index is 416. The van der Waals surface area contributed by atoms with E-state index in [-0.39, 0.29) is 18.2 Å². The van der Waals surface area contributed by atoms with Gasteiger partial charge in [0, 0.05) is 5.54 Å². The smallest absolute Gasteiger partial charge is 0.410 e. The minimum absolute atomic E-state index is 0.266. The van der Waals surface area contributed by atoms with Crippen molar-refractivity contribution in [1.29, 1.82) is 0 Å². The predicted octanol–water partition coefficient (Wildman–Crippen LogP) is 2.17. The van der Waals surface area contributed by atoms with E-state index in [1.54, 1.807) is 4.90 Å². The topological polar surface area (TPSA) is 49.8 Å². The maximum Gasteiger partial charge on any atom is 0.410 e. The minimum Gasteiger partial charge on any atom is -0.445 e. The van der Waals surface area contributed by atoms with Crippen LogP contribution < -0.4 is 0 Å². The number of aliphatic hydroxyl groups is 1.